The van der Waals surface area contributed by atoms with Crippen molar-refractivity contribution < 1.29 is 17.3 Å². The Morgan fingerprint density at radius 3 is 2.35 bits per heavy atom. The average molecular weight is 284 g/mol. The van der Waals surface area contributed by atoms with E-state index in [0.29, 0.717) is 16.1 Å². The molecule has 0 aliphatic rings. The maximum atomic E-state index is 9.75. The molecule has 1 heterocycles. The first-order chi connectivity index (χ1) is 7.83. The van der Waals surface area contributed by atoms with E-state index in [1.165, 1.54) is 0 Å². The number of benzene rings is 1. The van der Waals surface area contributed by atoms with Gasteiger partial charge in [-0.3, -0.25) is 0 Å². The SMILES string of the molecule is F[B-](F)(F)F.N#[N+]c1c(Cl)ccc2nsnc12. The molecular formula is C6H2BClF4N4S. The van der Waals surface area contributed by atoms with Crippen molar-refractivity contribution in [1.82, 2.24) is 8.75 Å². The smallest absolute Gasteiger partial charge is 0.418 e. The zero-order chi connectivity index (χ0) is 13.1. The minimum atomic E-state index is -6.00. The molecule has 0 fully saturated rings. The molecule has 0 N–H and O–H groups in total. The molecule has 4 nitrogen and oxygen atoms in total. The first kappa shape index (κ1) is 13.6. The lowest BCUT2D eigenvalue weighted by molar-refractivity contribution is 0.368. The van der Waals surface area contributed by atoms with Gasteiger partial charge >= 0.3 is 12.9 Å². The predicted octanol–water partition coefficient (Wildman–Crippen LogP) is 4.13. The van der Waals surface area contributed by atoms with E-state index in [-0.39, 0.29) is 5.69 Å². The molecule has 2 aromatic rings. The van der Waals surface area contributed by atoms with Crippen LogP contribution in [0.2, 0.25) is 5.02 Å². The molecule has 0 atom stereocenters. The first-order valence-electron chi connectivity index (χ1n) is 3.96. The standard InChI is InChI=1S/C6H2ClN4S.BF4/c7-3-1-2-4-6(5(3)9-8)11-12-10-4;2-1(3,4)5/h1-2H;/q+1;-1. The lowest BCUT2D eigenvalue weighted by Gasteiger charge is -1.94. The Bertz CT molecular complexity index is 559. The van der Waals surface area contributed by atoms with Gasteiger partial charge in [0.1, 0.15) is 10.5 Å². The van der Waals surface area contributed by atoms with E-state index in [4.69, 9.17) is 17.0 Å². The van der Waals surface area contributed by atoms with Crippen LogP contribution in [0.5, 0.6) is 0 Å². The van der Waals surface area contributed by atoms with Crippen molar-refractivity contribution in [3.8, 4) is 0 Å². The van der Waals surface area contributed by atoms with E-state index in [1.807, 2.05) is 0 Å². The average Bonchev–Trinajstić information content (AvgIpc) is 2.62. The minimum Gasteiger partial charge on any atom is -0.418 e. The Morgan fingerprint density at radius 2 is 1.82 bits per heavy atom. The van der Waals surface area contributed by atoms with Gasteiger partial charge in [-0.25, -0.2) is 0 Å². The van der Waals surface area contributed by atoms with Crippen molar-refractivity contribution in [2.45, 2.75) is 0 Å². The number of diazo groups is 1. The number of rotatable bonds is 0. The maximum absolute atomic E-state index is 9.75. The van der Waals surface area contributed by atoms with Crippen LogP contribution < -0.4 is 0 Å². The van der Waals surface area contributed by atoms with Crippen LogP contribution >= 0.6 is 23.3 Å². The van der Waals surface area contributed by atoms with Gasteiger partial charge in [0.2, 0.25) is 10.9 Å². The summed E-state index contributed by atoms with van der Waals surface area (Å²) in [7, 11) is -6.00. The van der Waals surface area contributed by atoms with E-state index in [1.54, 1.807) is 12.1 Å². The Labute approximate surface area is 101 Å². The Kier molecular flexibility index (Phi) is 4.19. The highest BCUT2D eigenvalue weighted by atomic mass is 35.5. The van der Waals surface area contributed by atoms with Gasteiger partial charge in [-0.05, 0) is 12.1 Å². The molecule has 0 bridgehead atoms. The summed E-state index contributed by atoms with van der Waals surface area (Å²) in [6, 6.07) is 3.36. The van der Waals surface area contributed by atoms with E-state index in [9.17, 15) is 17.3 Å². The monoisotopic (exact) mass is 284 g/mol. The summed E-state index contributed by atoms with van der Waals surface area (Å²) < 4.78 is 46.9. The molecule has 1 aromatic heterocycles. The highest BCUT2D eigenvalue weighted by molar-refractivity contribution is 7.00. The van der Waals surface area contributed by atoms with Crippen LogP contribution in [0.4, 0.5) is 23.0 Å². The topological polar surface area (TPSA) is 53.9 Å². The Hall–Kier alpha value is -1.47. The van der Waals surface area contributed by atoms with E-state index < -0.39 is 7.25 Å². The largest absolute Gasteiger partial charge is 0.673 e. The lowest BCUT2D eigenvalue weighted by atomic mass is 10.3. The molecule has 1 aromatic carbocycles. The molecule has 0 saturated heterocycles. The Balaban J connectivity index is 0.000000249. The molecule has 0 radical (unpaired) electrons. The van der Waals surface area contributed by atoms with Gasteiger partial charge < -0.3 is 17.3 Å². The third-order valence-electron chi connectivity index (χ3n) is 1.45. The molecule has 0 aliphatic heterocycles. The fraction of sp³-hybridized carbons (Fsp3) is 0. The third-order valence-corrected chi connectivity index (χ3v) is 2.30. The third kappa shape index (κ3) is 4.12. The normalized spacial score (nSPS) is 10.6. The van der Waals surface area contributed by atoms with Crippen LogP contribution in [0.15, 0.2) is 12.1 Å². The number of fused-ring (bicyclic) bond motifs is 1. The fourth-order valence-electron chi connectivity index (χ4n) is 0.908. The summed E-state index contributed by atoms with van der Waals surface area (Å²) in [4.78, 5) is 3.04. The Morgan fingerprint density at radius 1 is 1.24 bits per heavy atom. The van der Waals surface area contributed by atoms with Crippen molar-refractivity contribution >= 4 is 47.3 Å². The summed E-state index contributed by atoms with van der Waals surface area (Å²) in [5.74, 6) is 0. The minimum absolute atomic E-state index is 0.280. The van der Waals surface area contributed by atoms with Crippen molar-refractivity contribution in [3.05, 3.63) is 22.1 Å². The van der Waals surface area contributed by atoms with E-state index in [2.05, 4.69) is 13.7 Å². The quantitative estimate of drug-likeness (QED) is 0.415. The van der Waals surface area contributed by atoms with Gasteiger partial charge in [-0.1, -0.05) is 11.6 Å². The second-order valence-corrected chi connectivity index (χ2v) is 3.56. The van der Waals surface area contributed by atoms with Gasteiger partial charge in [0.05, 0.1) is 11.7 Å². The number of halogens is 5. The zero-order valence-corrected chi connectivity index (χ0v) is 9.39. The van der Waals surface area contributed by atoms with Gasteiger partial charge in [0.25, 0.3) is 0 Å². The van der Waals surface area contributed by atoms with Crippen molar-refractivity contribution in [1.29, 1.82) is 5.39 Å². The van der Waals surface area contributed by atoms with Gasteiger partial charge in [-0.2, -0.15) is 8.75 Å². The summed E-state index contributed by atoms with van der Waals surface area (Å²) in [6.07, 6.45) is 0. The molecule has 2 rings (SSSR count). The number of nitrogens with zero attached hydrogens (tertiary/aromatic N) is 4. The highest BCUT2D eigenvalue weighted by Crippen LogP contribution is 2.32. The van der Waals surface area contributed by atoms with Crippen molar-refractivity contribution in [2.24, 2.45) is 0 Å². The lowest BCUT2D eigenvalue weighted by Crippen LogP contribution is -2.02. The number of hydrogen-bond donors (Lipinski definition) is 0. The van der Waals surface area contributed by atoms with Crippen LogP contribution in [-0.4, -0.2) is 16.0 Å². The molecular weight excluding hydrogens is 282 g/mol. The molecule has 0 spiro atoms. The van der Waals surface area contributed by atoms with E-state index >= 15 is 0 Å². The van der Waals surface area contributed by atoms with E-state index in [0.717, 1.165) is 11.7 Å². The molecule has 17 heavy (non-hydrogen) atoms. The number of aromatic nitrogens is 2. The summed E-state index contributed by atoms with van der Waals surface area (Å²) >= 11 is 6.80. The molecule has 0 saturated carbocycles. The predicted molar refractivity (Wildman–Crippen MR) is 57.4 cm³/mol. The zero-order valence-electron chi connectivity index (χ0n) is 7.82. The summed E-state index contributed by atoms with van der Waals surface area (Å²) in [6.45, 7) is 0. The van der Waals surface area contributed by atoms with Gasteiger partial charge in [-0.15, -0.1) is 0 Å². The van der Waals surface area contributed by atoms with Gasteiger partial charge in [0, 0.05) is 0 Å². The van der Waals surface area contributed by atoms with Crippen LogP contribution in [0.25, 0.3) is 16.0 Å². The van der Waals surface area contributed by atoms with Crippen molar-refractivity contribution in [3.63, 3.8) is 0 Å². The molecule has 0 amide bonds. The summed E-state index contributed by atoms with van der Waals surface area (Å²) in [5, 5.41) is 8.99. The van der Waals surface area contributed by atoms with Gasteiger partial charge in [0.15, 0.2) is 4.98 Å². The molecule has 11 heteroatoms. The second kappa shape index (κ2) is 5.24. The molecule has 0 aliphatic carbocycles. The summed E-state index contributed by atoms with van der Waals surface area (Å²) in [5.41, 5.74) is 1.51. The highest BCUT2D eigenvalue weighted by Gasteiger charge is 2.21. The number of hydrogen-bond acceptors (Lipinski definition) is 4. The van der Waals surface area contributed by atoms with Crippen LogP contribution in [0.1, 0.15) is 0 Å². The van der Waals surface area contributed by atoms with Crippen LogP contribution in [0.3, 0.4) is 0 Å². The second-order valence-electron chi connectivity index (χ2n) is 2.62. The van der Waals surface area contributed by atoms with Crippen LogP contribution in [0, 0.1) is 5.39 Å². The maximum Gasteiger partial charge on any atom is 0.673 e. The fourth-order valence-corrected chi connectivity index (χ4v) is 1.64. The molecule has 90 valence electrons. The van der Waals surface area contributed by atoms with Crippen LogP contribution in [-0.2, 0) is 0 Å². The van der Waals surface area contributed by atoms with Crippen molar-refractivity contribution in [2.75, 3.05) is 0 Å². The molecule has 0 unspecified atom stereocenters. The first-order valence-corrected chi connectivity index (χ1v) is 5.07.